The van der Waals surface area contributed by atoms with Crippen molar-refractivity contribution in [3.05, 3.63) is 90.8 Å². The van der Waals surface area contributed by atoms with Gasteiger partial charge in [-0.1, -0.05) is 48.5 Å². The van der Waals surface area contributed by atoms with E-state index in [1.807, 2.05) is 48.5 Å². The fraction of sp³-hybridized carbons (Fsp3) is 0.154. The second kappa shape index (κ2) is 7.35. The number of nitrogens with two attached hydrogens (primary N) is 1. The van der Waals surface area contributed by atoms with E-state index in [1.165, 1.54) is 12.0 Å². The molecule has 1 fully saturated rings. The van der Waals surface area contributed by atoms with E-state index < -0.39 is 0 Å². The molecule has 2 aromatic carbocycles. The Bertz CT molecular complexity index is 1390. The largest absolute Gasteiger partial charge is 0.321 e. The Balaban J connectivity index is 1.55. The fourth-order valence-electron chi connectivity index (χ4n) is 4.30. The lowest BCUT2D eigenvalue weighted by molar-refractivity contribution is 0.253. The van der Waals surface area contributed by atoms with Crippen molar-refractivity contribution in [1.82, 2.24) is 24.5 Å². The molecule has 0 amide bonds. The molecule has 1 aliphatic carbocycles. The summed E-state index contributed by atoms with van der Waals surface area (Å²) in [6.07, 6.45) is 6.82. The molecule has 1 saturated carbocycles. The van der Waals surface area contributed by atoms with Crippen LogP contribution < -0.4 is 5.73 Å². The Morgan fingerprint density at radius 2 is 1.59 bits per heavy atom. The van der Waals surface area contributed by atoms with E-state index in [2.05, 4.69) is 38.8 Å². The molecule has 156 valence electrons. The average molecular weight is 419 g/mol. The Hall–Kier alpha value is -3.90. The standard InChI is InChI=1S/C26H22N6/c27-26(14-6-15-26)19-10-12-20(13-11-19)32-24(21-9-4-5-16-28-21)30-22-17-29-23(31-25(22)32)18-7-2-1-3-8-18/h1-5,7-13,16-17H,6,14-15,27H2. The number of hydrogen-bond acceptors (Lipinski definition) is 5. The topological polar surface area (TPSA) is 82.5 Å². The van der Waals surface area contributed by atoms with Crippen LogP contribution in [0.3, 0.4) is 0 Å². The first kappa shape index (κ1) is 18.8. The number of aromatic nitrogens is 5. The van der Waals surface area contributed by atoms with E-state index in [4.69, 9.17) is 15.7 Å². The number of rotatable bonds is 4. The van der Waals surface area contributed by atoms with Gasteiger partial charge in [0.1, 0.15) is 11.2 Å². The summed E-state index contributed by atoms with van der Waals surface area (Å²) in [5.74, 6) is 1.40. The first-order chi connectivity index (χ1) is 15.7. The molecule has 3 aromatic heterocycles. The van der Waals surface area contributed by atoms with E-state index in [1.54, 1.807) is 12.4 Å². The van der Waals surface area contributed by atoms with Crippen molar-refractivity contribution in [3.8, 4) is 28.6 Å². The van der Waals surface area contributed by atoms with Gasteiger partial charge in [-0.25, -0.2) is 15.0 Å². The molecule has 6 rings (SSSR count). The van der Waals surface area contributed by atoms with Gasteiger partial charge in [-0.3, -0.25) is 9.55 Å². The SMILES string of the molecule is NC1(c2ccc(-n3c(-c4ccccn4)nc4cnc(-c5ccccc5)nc43)cc2)CCC1. The predicted octanol–water partition coefficient (Wildman–Crippen LogP) is 4.88. The summed E-state index contributed by atoms with van der Waals surface area (Å²) in [6, 6.07) is 24.3. The van der Waals surface area contributed by atoms with E-state index >= 15 is 0 Å². The molecule has 0 aliphatic heterocycles. The van der Waals surface area contributed by atoms with Gasteiger partial charge in [0.15, 0.2) is 17.3 Å². The van der Waals surface area contributed by atoms with Crippen molar-refractivity contribution < 1.29 is 0 Å². The van der Waals surface area contributed by atoms with E-state index in [-0.39, 0.29) is 5.54 Å². The number of fused-ring (bicyclic) bond motifs is 1. The first-order valence-electron chi connectivity index (χ1n) is 10.8. The van der Waals surface area contributed by atoms with Gasteiger partial charge in [-0.2, -0.15) is 0 Å². The van der Waals surface area contributed by atoms with Crippen LogP contribution in [0.25, 0.3) is 39.8 Å². The molecule has 6 heteroatoms. The molecule has 6 nitrogen and oxygen atoms in total. The third-order valence-electron chi connectivity index (χ3n) is 6.27. The van der Waals surface area contributed by atoms with Crippen LogP contribution in [0.2, 0.25) is 0 Å². The van der Waals surface area contributed by atoms with Gasteiger partial charge >= 0.3 is 0 Å². The van der Waals surface area contributed by atoms with Crippen LogP contribution in [0.4, 0.5) is 0 Å². The minimum Gasteiger partial charge on any atom is -0.321 e. The van der Waals surface area contributed by atoms with Crippen molar-refractivity contribution in [3.63, 3.8) is 0 Å². The van der Waals surface area contributed by atoms with Crippen molar-refractivity contribution in [1.29, 1.82) is 0 Å². The maximum Gasteiger partial charge on any atom is 0.169 e. The van der Waals surface area contributed by atoms with Gasteiger partial charge < -0.3 is 5.73 Å². The predicted molar refractivity (Wildman–Crippen MR) is 125 cm³/mol. The summed E-state index contributed by atoms with van der Waals surface area (Å²) in [5.41, 5.74) is 11.7. The highest BCUT2D eigenvalue weighted by molar-refractivity contribution is 5.80. The van der Waals surface area contributed by atoms with Crippen molar-refractivity contribution in [2.75, 3.05) is 0 Å². The molecule has 0 bridgehead atoms. The summed E-state index contributed by atoms with van der Waals surface area (Å²) >= 11 is 0. The Morgan fingerprint density at radius 1 is 0.812 bits per heavy atom. The summed E-state index contributed by atoms with van der Waals surface area (Å²) in [4.78, 5) is 18.8. The van der Waals surface area contributed by atoms with E-state index in [0.717, 1.165) is 46.8 Å². The number of imidazole rings is 1. The average Bonchev–Trinajstić information content (AvgIpc) is 3.22. The van der Waals surface area contributed by atoms with Crippen LogP contribution in [0, 0.1) is 0 Å². The molecule has 0 spiro atoms. The monoisotopic (exact) mass is 418 g/mol. The van der Waals surface area contributed by atoms with Crippen molar-refractivity contribution in [2.24, 2.45) is 5.73 Å². The summed E-state index contributed by atoms with van der Waals surface area (Å²) < 4.78 is 2.06. The molecule has 0 radical (unpaired) electrons. The van der Waals surface area contributed by atoms with E-state index in [0.29, 0.717) is 5.82 Å². The molecule has 0 atom stereocenters. The van der Waals surface area contributed by atoms with Crippen LogP contribution in [0.1, 0.15) is 24.8 Å². The molecule has 0 unspecified atom stereocenters. The molecule has 0 saturated heterocycles. The number of pyridine rings is 1. The van der Waals surface area contributed by atoms with Gasteiger partial charge in [-0.05, 0) is 49.1 Å². The molecular formula is C26H22N6. The summed E-state index contributed by atoms with van der Waals surface area (Å²) in [7, 11) is 0. The lowest BCUT2D eigenvalue weighted by Crippen LogP contribution is -2.43. The quantitative estimate of drug-likeness (QED) is 0.450. The zero-order chi connectivity index (χ0) is 21.5. The highest BCUT2D eigenvalue weighted by Crippen LogP contribution is 2.39. The normalized spacial score (nSPS) is 14.9. The molecule has 3 heterocycles. The van der Waals surface area contributed by atoms with Gasteiger partial charge in [0.25, 0.3) is 0 Å². The minimum atomic E-state index is -0.192. The molecular weight excluding hydrogens is 396 g/mol. The third-order valence-corrected chi connectivity index (χ3v) is 6.27. The van der Waals surface area contributed by atoms with Gasteiger partial charge in [0.05, 0.1) is 6.20 Å². The van der Waals surface area contributed by atoms with Crippen LogP contribution >= 0.6 is 0 Å². The zero-order valence-electron chi connectivity index (χ0n) is 17.5. The molecule has 1 aliphatic rings. The van der Waals surface area contributed by atoms with Gasteiger partial charge in [0, 0.05) is 23.0 Å². The zero-order valence-corrected chi connectivity index (χ0v) is 17.5. The summed E-state index contributed by atoms with van der Waals surface area (Å²) in [6.45, 7) is 0. The Labute approximate surface area is 185 Å². The maximum absolute atomic E-state index is 6.54. The Morgan fingerprint density at radius 3 is 2.28 bits per heavy atom. The fourth-order valence-corrected chi connectivity index (χ4v) is 4.30. The van der Waals surface area contributed by atoms with Crippen LogP contribution in [0.15, 0.2) is 85.2 Å². The third kappa shape index (κ3) is 3.08. The van der Waals surface area contributed by atoms with Crippen LogP contribution in [0.5, 0.6) is 0 Å². The molecule has 5 aromatic rings. The molecule has 32 heavy (non-hydrogen) atoms. The number of nitrogens with zero attached hydrogens (tertiary/aromatic N) is 5. The smallest absolute Gasteiger partial charge is 0.169 e. The number of hydrogen-bond donors (Lipinski definition) is 1. The summed E-state index contributed by atoms with van der Waals surface area (Å²) in [5, 5.41) is 0. The molecule has 2 N–H and O–H groups in total. The van der Waals surface area contributed by atoms with Crippen LogP contribution in [-0.2, 0) is 5.54 Å². The van der Waals surface area contributed by atoms with Crippen LogP contribution in [-0.4, -0.2) is 24.5 Å². The second-order valence-electron chi connectivity index (χ2n) is 8.31. The maximum atomic E-state index is 6.54. The Kier molecular flexibility index (Phi) is 4.33. The highest BCUT2D eigenvalue weighted by atomic mass is 15.2. The lowest BCUT2D eigenvalue weighted by Gasteiger charge is -2.38. The van der Waals surface area contributed by atoms with Gasteiger partial charge in [0.2, 0.25) is 0 Å². The van der Waals surface area contributed by atoms with Crippen molar-refractivity contribution >= 4 is 11.2 Å². The van der Waals surface area contributed by atoms with E-state index in [9.17, 15) is 0 Å². The number of benzene rings is 2. The second-order valence-corrected chi connectivity index (χ2v) is 8.31. The minimum absolute atomic E-state index is 0.192. The highest BCUT2D eigenvalue weighted by Gasteiger charge is 2.34. The first-order valence-corrected chi connectivity index (χ1v) is 10.8. The van der Waals surface area contributed by atoms with Gasteiger partial charge in [-0.15, -0.1) is 0 Å². The lowest BCUT2D eigenvalue weighted by atomic mass is 9.73. The van der Waals surface area contributed by atoms with Crippen molar-refractivity contribution in [2.45, 2.75) is 24.8 Å².